The highest BCUT2D eigenvalue weighted by Gasteiger charge is 2.31. The number of nitrogens with zero attached hydrogens (tertiary/aromatic N) is 3. The van der Waals surface area contributed by atoms with E-state index in [-0.39, 0.29) is 24.2 Å². The van der Waals surface area contributed by atoms with E-state index in [1.54, 1.807) is 11.1 Å². The van der Waals surface area contributed by atoms with Crippen LogP contribution < -0.4 is 10.1 Å². The minimum absolute atomic E-state index is 0.0120. The van der Waals surface area contributed by atoms with Gasteiger partial charge in [0.15, 0.2) is 5.65 Å². The molecule has 0 saturated carbocycles. The number of aromatic amines is 1. The first-order valence-electron chi connectivity index (χ1n) is 10.2. The second-order valence-electron chi connectivity index (χ2n) is 7.47. The Kier molecular flexibility index (Phi) is 6.17. The van der Waals surface area contributed by atoms with Crippen molar-refractivity contribution >= 4 is 23.0 Å². The van der Waals surface area contributed by atoms with Gasteiger partial charge in [-0.3, -0.25) is 4.79 Å². The third-order valence-electron chi connectivity index (χ3n) is 5.38. The fourth-order valence-electron chi connectivity index (χ4n) is 3.89. The van der Waals surface area contributed by atoms with E-state index < -0.39 is 6.36 Å². The Bertz CT molecular complexity index is 1080. The van der Waals surface area contributed by atoms with E-state index in [2.05, 4.69) is 25.0 Å². The molecule has 11 heteroatoms. The van der Waals surface area contributed by atoms with Gasteiger partial charge in [-0.05, 0) is 54.7 Å². The Labute approximate surface area is 181 Å². The number of alkyl halides is 3. The minimum Gasteiger partial charge on any atom is -0.406 e. The molecular formula is C21H22F3N5O3. The number of amides is 1. The first-order valence-corrected chi connectivity index (χ1v) is 10.2. The lowest BCUT2D eigenvalue weighted by atomic mass is 9.89. The number of carbonyl (C=O) groups is 1. The number of H-pyrrole nitrogens is 1. The lowest BCUT2D eigenvalue weighted by Crippen LogP contribution is -2.38. The van der Waals surface area contributed by atoms with Gasteiger partial charge in [-0.2, -0.15) is 0 Å². The van der Waals surface area contributed by atoms with Crippen LogP contribution in [0.25, 0.3) is 11.2 Å². The molecule has 32 heavy (non-hydrogen) atoms. The maximum absolute atomic E-state index is 12.8. The van der Waals surface area contributed by atoms with Crippen LogP contribution in [-0.2, 0) is 0 Å². The Morgan fingerprint density at radius 2 is 1.94 bits per heavy atom. The van der Waals surface area contributed by atoms with Gasteiger partial charge in [0, 0.05) is 31.4 Å². The van der Waals surface area contributed by atoms with Crippen LogP contribution in [0.3, 0.4) is 0 Å². The number of benzene rings is 1. The molecule has 0 radical (unpaired) electrons. The fraction of sp³-hybridized carbons (Fsp3) is 0.381. The third kappa shape index (κ3) is 4.93. The summed E-state index contributed by atoms with van der Waals surface area (Å²) in [6, 6.07) is 6.89. The van der Waals surface area contributed by atoms with Crippen LogP contribution in [0.1, 0.15) is 34.7 Å². The number of halogens is 3. The molecule has 3 heterocycles. The van der Waals surface area contributed by atoms with Gasteiger partial charge in [-0.15, -0.1) is 13.2 Å². The maximum atomic E-state index is 12.8. The van der Waals surface area contributed by atoms with Gasteiger partial charge in [0.25, 0.3) is 5.91 Å². The number of rotatable bonds is 6. The number of hydrogen-bond donors (Lipinski definition) is 3. The largest absolute Gasteiger partial charge is 0.573 e. The number of aliphatic hydroxyl groups is 1. The summed E-state index contributed by atoms with van der Waals surface area (Å²) < 4.78 is 40.7. The van der Waals surface area contributed by atoms with Gasteiger partial charge >= 0.3 is 6.36 Å². The second-order valence-corrected chi connectivity index (χ2v) is 7.47. The number of hydrogen-bond acceptors (Lipinski definition) is 6. The molecule has 1 fully saturated rings. The summed E-state index contributed by atoms with van der Waals surface area (Å²) >= 11 is 0. The third-order valence-corrected chi connectivity index (χ3v) is 5.38. The van der Waals surface area contributed by atoms with Crippen molar-refractivity contribution < 1.29 is 27.8 Å². The number of nitrogens with one attached hydrogen (secondary N) is 2. The summed E-state index contributed by atoms with van der Waals surface area (Å²) in [5, 5.41) is 12.0. The van der Waals surface area contributed by atoms with Gasteiger partial charge in [-0.1, -0.05) is 0 Å². The number of piperidine rings is 1. The number of ether oxygens (including phenoxy) is 1. The molecule has 1 aliphatic rings. The summed E-state index contributed by atoms with van der Waals surface area (Å²) in [7, 11) is 0. The number of aromatic nitrogens is 3. The van der Waals surface area contributed by atoms with Crippen molar-refractivity contribution in [1.82, 2.24) is 19.9 Å². The first kappa shape index (κ1) is 21.9. The zero-order chi connectivity index (χ0) is 22.7. The first-order chi connectivity index (χ1) is 15.3. The molecule has 3 aromatic rings. The molecule has 8 nitrogen and oxygen atoms in total. The lowest BCUT2D eigenvalue weighted by Gasteiger charge is -2.32. The van der Waals surface area contributed by atoms with Crippen LogP contribution in [0.2, 0.25) is 0 Å². The standard InChI is InChI=1S/C21H22F3N5O3/c22-21(23,24)32-15-3-1-14(2-4-15)19(31)29-10-6-13(7-11-29)16-5-8-25-18-17(16)27-20(28-18)26-9-12-30/h1-5,8,13,30H,6-7,9-12H2,(H2,25,26,27,28). The molecule has 3 N–H and O–H groups in total. The molecule has 1 aliphatic heterocycles. The average molecular weight is 449 g/mol. The summed E-state index contributed by atoms with van der Waals surface area (Å²) in [4.78, 5) is 26.4. The molecule has 1 saturated heterocycles. The Balaban J connectivity index is 1.41. The van der Waals surface area contributed by atoms with E-state index in [0.29, 0.717) is 36.8 Å². The molecular weight excluding hydrogens is 427 g/mol. The van der Waals surface area contributed by atoms with E-state index >= 15 is 0 Å². The van der Waals surface area contributed by atoms with Gasteiger partial charge in [-0.25, -0.2) is 9.97 Å². The van der Waals surface area contributed by atoms with Gasteiger partial charge in [0.1, 0.15) is 11.3 Å². The van der Waals surface area contributed by atoms with Crippen LogP contribution in [-0.4, -0.2) is 63.5 Å². The highest BCUT2D eigenvalue weighted by Crippen LogP contribution is 2.33. The summed E-state index contributed by atoms with van der Waals surface area (Å²) in [6.07, 6.45) is -1.59. The number of likely N-dealkylation sites (tertiary alicyclic amines) is 1. The van der Waals surface area contributed by atoms with E-state index in [9.17, 15) is 18.0 Å². The Morgan fingerprint density at radius 3 is 2.59 bits per heavy atom. The molecule has 0 aliphatic carbocycles. The molecule has 0 unspecified atom stereocenters. The molecule has 170 valence electrons. The molecule has 2 aromatic heterocycles. The maximum Gasteiger partial charge on any atom is 0.573 e. The van der Waals surface area contributed by atoms with Crippen molar-refractivity contribution in [3.63, 3.8) is 0 Å². The predicted octanol–water partition coefficient (Wildman–Crippen LogP) is 3.28. The zero-order valence-corrected chi connectivity index (χ0v) is 17.0. The summed E-state index contributed by atoms with van der Waals surface area (Å²) in [6.45, 7) is 1.41. The normalized spacial score (nSPS) is 15.2. The fourth-order valence-corrected chi connectivity index (χ4v) is 3.89. The molecule has 1 aromatic carbocycles. The highest BCUT2D eigenvalue weighted by molar-refractivity contribution is 5.94. The van der Waals surface area contributed by atoms with E-state index in [0.717, 1.165) is 36.1 Å². The molecule has 0 spiro atoms. The van der Waals surface area contributed by atoms with Crippen molar-refractivity contribution in [3.8, 4) is 5.75 Å². The molecule has 0 bridgehead atoms. The highest BCUT2D eigenvalue weighted by atomic mass is 19.4. The van der Waals surface area contributed by atoms with Crippen LogP contribution in [0.15, 0.2) is 36.5 Å². The lowest BCUT2D eigenvalue weighted by molar-refractivity contribution is -0.274. The van der Waals surface area contributed by atoms with Crippen LogP contribution in [0.4, 0.5) is 19.1 Å². The van der Waals surface area contributed by atoms with Crippen molar-refractivity contribution in [2.75, 3.05) is 31.6 Å². The van der Waals surface area contributed by atoms with Crippen molar-refractivity contribution in [2.24, 2.45) is 0 Å². The summed E-state index contributed by atoms with van der Waals surface area (Å²) in [5.41, 5.74) is 2.78. The smallest absolute Gasteiger partial charge is 0.406 e. The Hall–Kier alpha value is -3.34. The van der Waals surface area contributed by atoms with E-state index in [1.807, 2.05) is 6.07 Å². The van der Waals surface area contributed by atoms with Crippen LogP contribution >= 0.6 is 0 Å². The number of pyridine rings is 1. The van der Waals surface area contributed by atoms with Crippen molar-refractivity contribution in [2.45, 2.75) is 25.1 Å². The van der Waals surface area contributed by atoms with Crippen molar-refractivity contribution in [1.29, 1.82) is 0 Å². The SMILES string of the molecule is O=C(c1ccc(OC(F)(F)F)cc1)N1CCC(c2ccnc3[nH]c(NCCO)nc23)CC1. The van der Waals surface area contributed by atoms with Crippen molar-refractivity contribution in [3.05, 3.63) is 47.7 Å². The monoisotopic (exact) mass is 449 g/mol. The minimum atomic E-state index is -4.77. The topological polar surface area (TPSA) is 103 Å². The number of carbonyl (C=O) groups excluding carboxylic acids is 1. The van der Waals surface area contributed by atoms with Gasteiger partial charge in [0.2, 0.25) is 5.95 Å². The van der Waals surface area contributed by atoms with E-state index in [4.69, 9.17) is 5.11 Å². The Morgan fingerprint density at radius 1 is 1.22 bits per heavy atom. The molecule has 0 atom stereocenters. The number of imidazole rings is 1. The summed E-state index contributed by atoms with van der Waals surface area (Å²) in [5.74, 6) is 0.152. The predicted molar refractivity (Wildman–Crippen MR) is 110 cm³/mol. The zero-order valence-electron chi connectivity index (χ0n) is 17.0. The molecule has 4 rings (SSSR count). The quantitative estimate of drug-likeness (QED) is 0.534. The number of fused-ring (bicyclic) bond motifs is 1. The second kappa shape index (κ2) is 9.03. The number of anilines is 1. The van der Waals surface area contributed by atoms with E-state index in [1.165, 1.54) is 12.1 Å². The van der Waals surface area contributed by atoms with Crippen LogP contribution in [0.5, 0.6) is 5.75 Å². The molecule has 1 amide bonds. The van der Waals surface area contributed by atoms with Gasteiger partial charge < -0.3 is 25.0 Å². The average Bonchev–Trinajstić information content (AvgIpc) is 3.20. The number of aliphatic hydroxyl groups excluding tert-OH is 1. The van der Waals surface area contributed by atoms with Gasteiger partial charge in [0.05, 0.1) is 6.61 Å². The van der Waals surface area contributed by atoms with Crippen LogP contribution in [0, 0.1) is 0 Å².